The molecule has 8 nitrogen and oxygen atoms in total. The molecule has 2 aromatic rings. The highest BCUT2D eigenvalue weighted by Crippen LogP contribution is 2.22. The molecule has 132 valence electrons. The molecular weight excluding hydrogens is 322 g/mol. The summed E-state index contributed by atoms with van der Waals surface area (Å²) in [6.07, 6.45) is 4.83. The van der Waals surface area contributed by atoms with Crippen molar-refractivity contribution >= 4 is 17.4 Å². The van der Waals surface area contributed by atoms with Crippen LogP contribution in [-0.2, 0) is 18.9 Å². The summed E-state index contributed by atoms with van der Waals surface area (Å²) >= 11 is 0. The summed E-state index contributed by atoms with van der Waals surface area (Å²) in [5, 5.41) is 2.89. The molecule has 0 radical (unpaired) electrons. The van der Waals surface area contributed by atoms with Gasteiger partial charge in [-0.3, -0.25) is 23.7 Å². The first-order valence-electron chi connectivity index (χ1n) is 8.20. The van der Waals surface area contributed by atoms with Crippen molar-refractivity contribution in [2.75, 3.05) is 23.3 Å². The highest BCUT2D eigenvalue weighted by atomic mass is 16.2. The summed E-state index contributed by atoms with van der Waals surface area (Å²) in [7, 11) is 3.09. The van der Waals surface area contributed by atoms with E-state index in [1.165, 1.54) is 17.7 Å². The first-order chi connectivity index (χ1) is 12.0. The van der Waals surface area contributed by atoms with Crippen LogP contribution < -0.4 is 21.5 Å². The Morgan fingerprint density at radius 1 is 1.20 bits per heavy atom. The molecule has 3 rings (SSSR count). The molecule has 1 saturated heterocycles. The zero-order valence-corrected chi connectivity index (χ0v) is 14.3. The minimum absolute atomic E-state index is 0.0651. The molecule has 1 aliphatic rings. The Hall–Kier alpha value is -2.90. The van der Waals surface area contributed by atoms with Gasteiger partial charge in [0.15, 0.2) is 0 Å². The van der Waals surface area contributed by atoms with E-state index in [1.807, 2.05) is 4.90 Å². The molecule has 3 heterocycles. The molecule has 0 bridgehead atoms. The third-order valence-electron chi connectivity index (χ3n) is 4.56. The lowest BCUT2D eigenvalue weighted by Crippen LogP contribution is -2.45. The monoisotopic (exact) mass is 343 g/mol. The van der Waals surface area contributed by atoms with Crippen molar-refractivity contribution in [3.63, 3.8) is 0 Å². The topological polar surface area (TPSA) is 89.2 Å². The average Bonchev–Trinajstić information content (AvgIpc) is 2.64. The number of pyridine rings is 1. The summed E-state index contributed by atoms with van der Waals surface area (Å²) in [5.74, 6) is 0.278. The maximum absolute atomic E-state index is 12.5. The first kappa shape index (κ1) is 16.9. The number of hydrogen-bond acceptors (Lipinski definition) is 5. The molecule has 1 amide bonds. The average molecular weight is 343 g/mol. The lowest BCUT2D eigenvalue weighted by molar-refractivity contribution is -0.120. The van der Waals surface area contributed by atoms with Gasteiger partial charge in [0.05, 0.1) is 5.92 Å². The third-order valence-corrected chi connectivity index (χ3v) is 4.56. The van der Waals surface area contributed by atoms with Crippen LogP contribution in [0.2, 0.25) is 0 Å². The molecule has 1 N–H and O–H groups in total. The highest BCUT2D eigenvalue weighted by molar-refractivity contribution is 5.92. The third kappa shape index (κ3) is 3.47. The molecule has 25 heavy (non-hydrogen) atoms. The quantitative estimate of drug-likeness (QED) is 0.868. The van der Waals surface area contributed by atoms with Crippen LogP contribution in [0, 0.1) is 5.92 Å². The summed E-state index contributed by atoms with van der Waals surface area (Å²) in [5.41, 5.74) is -0.00887. The van der Waals surface area contributed by atoms with E-state index < -0.39 is 0 Å². The standard InChI is InChI=1S/C17H21N5O3/c1-20-14(10-15(23)21(2)17(20)25)22-9-3-4-12(11-22)16(24)19-13-5-7-18-8-6-13/h5-8,10,12H,3-4,9,11H2,1-2H3,(H,18,19,24). The van der Waals surface area contributed by atoms with Gasteiger partial charge in [-0.05, 0) is 25.0 Å². The predicted molar refractivity (Wildman–Crippen MR) is 94.7 cm³/mol. The molecule has 8 heteroatoms. The van der Waals surface area contributed by atoms with Gasteiger partial charge < -0.3 is 10.2 Å². The van der Waals surface area contributed by atoms with Crippen molar-refractivity contribution in [2.24, 2.45) is 20.0 Å². The van der Waals surface area contributed by atoms with Crippen LogP contribution >= 0.6 is 0 Å². The maximum atomic E-state index is 12.5. The number of piperidine rings is 1. The Bertz CT molecular complexity index is 887. The van der Waals surface area contributed by atoms with Crippen LogP contribution in [0.4, 0.5) is 11.5 Å². The lowest BCUT2D eigenvalue weighted by atomic mass is 9.97. The van der Waals surface area contributed by atoms with Crippen molar-refractivity contribution in [1.29, 1.82) is 0 Å². The van der Waals surface area contributed by atoms with Gasteiger partial charge in [-0.25, -0.2) is 4.79 Å². The fourth-order valence-corrected chi connectivity index (χ4v) is 3.10. The van der Waals surface area contributed by atoms with Crippen LogP contribution in [0.15, 0.2) is 40.2 Å². The van der Waals surface area contributed by atoms with Gasteiger partial charge in [0.2, 0.25) is 5.91 Å². The van der Waals surface area contributed by atoms with E-state index in [2.05, 4.69) is 10.3 Å². The number of nitrogens with one attached hydrogen (secondary N) is 1. The van der Waals surface area contributed by atoms with Gasteiger partial charge in [-0.15, -0.1) is 0 Å². The molecule has 0 spiro atoms. The molecule has 1 atom stereocenters. The van der Waals surface area contributed by atoms with Crippen LogP contribution in [0.5, 0.6) is 0 Å². The van der Waals surface area contributed by atoms with Gasteiger partial charge in [0.1, 0.15) is 5.82 Å². The molecule has 0 aromatic carbocycles. The summed E-state index contributed by atoms with van der Waals surface area (Å²) < 4.78 is 2.52. The van der Waals surface area contributed by atoms with Gasteiger partial charge in [-0.2, -0.15) is 0 Å². The van der Waals surface area contributed by atoms with Crippen molar-refractivity contribution in [1.82, 2.24) is 14.1 Å². The van der Waals surface area contributed by atoms with Crippen LogP contribution in [0.25, 0.3) is 0 Å². The zero-order chi connectivity index (χ0) is 18.0. The van der Waals surface area contributed by atoms with Crippen LogP contribution in [0.1, 0.15) is 12.8 Å². The number of aromatic nitrogens is 3. The normalized spacial score (nSPS) is 17.4. The maximum Gasteiger partial charge on any atom is 0.332 e. The summed E-state index contributed by atoms with van der Waals surface area (Å²) in [4.78, 5) is 42.5. The van der Waals surface area contributed by atoms with Crippen molar-refractivity contribution in [3.8, 4) is 0 Å². The smallest absolute Gasteiger partial charge is 0.332 e. The molecular formula is C17H21N5O3. The number of rotatable bonds is 3. The zero-order valence-electron chi connectivity index (χ0n) is 14.3. The molecule has 1 aliphatic heterocycles. The van der Waals surface area contributed by atoms with Gasteiger partial charge in [-0.1, -0.05) is 0 Å². The number of anilines is 2. The number of carbonyl (C=O) groups is 1. The predicted octanol–water partition coefficient (Wildman–Crippen LogP) is 0.334. The van der Waals surface area contributed by atoms with Crippen molar-refractivity contribution in [2.45, 2.75) is 12.8 Å². The fourth-order valence-electron chi connectivity index (χ4n) is 3.10. The second-order valence-corrected chi connectivity index (χ2v) is 6.25. The minimum Gasteiger partial charge on any atom is -0.357 e. The largest absolute Gasteiger partial charge is 0.357 e. The lowest BCUT2D eigenvalue weighted by Gasteiger charge is -2.34. The number of nitrogens with zero attached hydrogens (tertiary/aromatic N) is 4. The second kappa shape index (κ2) is 6.92. The summed E-state index contributed by atoms with van der Waals surface area (Å²) in [6, 6.07) is 4.93. The first-order valence-corrected chi connectivity index (χ1v) is 8.20. The Balaban J connectivity index is 1.79. The number of carbonyl (C=O) groups excluding carboxylic acids is 1. The van der Waals surface area contributed by atoms with Gasteiger partial charge in [0, 0.05) is 51.3 Å². The van der Waals surface area contributed by atoms with E-state index in [1.54, 1.807) is 31.6 Å². The molecule has 0 aliphatic carbocycles. The number of amides is 1. The van der Waals surface area contributed by atoms with E-state index >= 15 is 0 Å². The summed E-state index contributed by atoms with van der Waals surface area (Å²) in [6.45, 7) is 1.18. The fraction of sp³-hybridized carbons (Fsp3) is 0.412. The SMILES string of the molecule is Cn1c(N2CCCC(C(=O)Nc3ccncc3)C2)cc(=O)n(C)c1=O. The van der Waals surface area contributed by atoms with Crippen molar-refractivity contribution < 1.29 is 4.79 Å². The molecule has 0 saturated carbocycles. The van der Waals surface area contributed by atoms with Crippen LogP contribution in [0.3, 0.4) is 0 Å². The second-order valence-electron chi connectivity index (χ2n) is 6.25. The Morgan fingerprint density at radius 2 is 1.92 bits per heavy atom. The minimum atomic E-state index is -0.370. The van der Waals surface area contributed by atoms with E-state index in [9.17, 15) is 14.4 Å². The molecule has 2 aromatic heterocycles. The van der Waals surface area contributed by atoms with E-state index in [0.29, 0.717) is 24.6 Å². The van der Waals surface area contributed by atoms with Gasteiger partial charge in [0.25, 0.3) is 5.56 Å². The highest BCUT2D eigenvalue weighted by Gasteiger charge is 2.27. The Kier molecular flexibility index (Phi) is 4.69. The Morgan fingerprint density at radius 3 is 2.64 bits per heavy atom. The van der Waals surface area contributed by atoms with E-state index in [4.69, 9.17) is 0 Å². The molecule has 1 fully saturated rings. The van der Waals surface area contributed by atoms with Crippen LogP contribution in [-0.4, -0.2) is 33.1 Å². The molecule has 1 unspecified atom stereocenters. The van der Waals surface area contributed by atoms with Gasteiger partial charge >= 0.3 is 5.69 Å². The van der Waals surface area contributed by atoms with Crippen molar-refractivity contribution in [3.05, 3.63) is 51.4 Å². The van der Waals surface area contributed by atoms with E-state index in [0.717, 1.165) is 17.4 Å². The number of hydrogen-bond donors (Lipinski definition) is 1. The Labute approximate surface area is 144 Å². The van der Waals surface area contributed by atoms with E-state index in [-0.39, 0.29) is 23.1 Å².